The highest BCUT2D eigenvalue weighted by molar-refractivity contribution is 6.37. The first-order chi connectivity index (χ1) is 12.5. The third-order valence-electron chi connectivity index (χ3n) is 4.68. The monoisotopic (exact) mass is 391 g/mol. The fourth-order valence-electron chi connectivity index (χ4n) is 3.31. The Hall–Kier alpha value is -1.59. The van der Waals surface area contributed by atoms with Crippen molar-refractivity contribution < 1.29 is 4.79 Å². The molecule has 2 N–H and O–H groups in total. The van der Waals surface area contributed by atoms with E-state index in [4.69, 9.17) is 23.2 Å². The van der Waals surface area contributed by atoms with Gasteiger partial charge in [0.15, 0.2) is 0 Å². The summed E-state index contributed by atoms with van der Waals surface area (Å²) in [6.45, 7) is 3.03. The summed E-state index contributed by atoms with van der Waals surface area (Å²) < 4.78 is 0. The van der Waals surface area contributed by atoms with Gasteiger partial charge in [-0.2, -0.15) is 0 Å². The normalized spacial score (nSPS) is 17.9. The number of benzene rings is 2. The van der Waals surface area contributed by atoms with Gasteiger partial charge >= 0.3 is 0 Å². The van der Waals surface area contributed by atoms with Gasteiger partial charge in [0.25, 0.3) is 5.91 Å². The Morgan fingerprint density at radius 3 is 2.85 bits per heavy atom. The van der Waals surface area contributed by atoms with Crippen LogP contribution >= 0.6 is 23.2 Å². The van der Waals surface area contributed by atoms with Gasteiger partial charge in [-0.05, 0) is 62.3 Å². The number of likely N-dealkylation sites (N-methyl/N-ethyl adjacent to an activating group) is 1. The van der Waals surface area contributed by atoms with Gasteiger partial charge in [-0.15, -0.1) is 0 Å². The Bertz CT molecular complexity index is 781. The van der Waals surface area contributed by atoms with E-state index < -0.39 is 0 Å². The van der Waals surface area contributed by atoms with Crippen molar-refractivity contribution in [1.82, 2.24) is 10.2 Å². The van der Waals surface area contributed by atoms with Crippen LogP contribution in [-0.4, -0.2) is 37.0 Å². The summed E-state index contributed by atoms with van der Waals surface area (Å²) in [5.41, 5.74) is 2.36. The molecule has 1 aliphatic rings. The Balaban J connectivity index is 1.66. The summed E-state index contributed by atoms with van der Waals surface area (Å²) in [5, 5.41) is 7.14. The van der Waals surface area contributed by atoms with Crippen molar-refractivity contribution >= 4 is 34.8 Å². The maximum atomic E-state index is 12.5. The van der Waals surface area contributed by atoms with E-state index in [0.717, 1.165) is 25.3 Å². The predicted molar refractivity (Wildman–Crippen MR) is 108 cm³/mol. The lowest BCUT2D eigenvalue weighted by Crippen LogP contribution is -2.43. The highest BCUT2D eigenvalue weighted by Gasteiger charge is 2.18. The van der Waals surface area contributed by atoms with Crippen molar-refractivity contribution in [1.29, 1.82) is 0 Å². The van der Waals surface area contributed by atoms with Crippen LogP contribution in [0.1, 0.15) is 28.8 Å². The van der Waals surface area contributed by atoms with E-state index in [2.05, 4.69) is 21.6 Å². The Labute approximate surface area is 164 Å². The second-order valence-electron chi connectivity index (χ2n) is 6.64. The average molecular weight is 392 g/mol. The molecule has 2 aromatic carbocycles. The summed E-state index contributed by atoms with van der Waals surface area (Å²) in [6.07, 6.45) is 2.43. The number of carbonyl (C=O) groups excluding carboxylic acids is 1. The molecular weight excluding hydrogens is 369 g/mol. The van der Waals surface area contributed by atoms with Gasteiger partial charge in [0, 0.05) is 29.8 Å². The number of hydrogen-bond donors (Lipinski definition) is 2. The third kappa shape index (κ3) is 4.98. The van der Waals surface area contributed by atoms with Crippen LogP contribution in [0.5, 0.6) is 0 Å². The molecule has 0 saturated carbocycles. The quantitative estimate of drug-likeness (QED) is 0.791. The zero-order chi connectivity index (χ0) is 18.5. The molecule has 138 valence electrons. The van der Waals surface area contributed by atoms with E-state index in [0.29, 0.717) is 21.7 Å². The number of anilines is 1. The maximum absolute atomic E-state index is 12.5. The Morgan fingerprint density at radius 1 is 1.23 bits per heavy atom. The fourth-order valence-corrected chi connectivity index (χ4v) is 3.81. The van der Waals surface area contributed by atoms with Gasteiger partial charge in [-0.25, -0.2) is 0 Å². The molecule has 2 aromatic rings. The molecule has 1 aliphatic heterocycles. The van der Waals surface area contributed by atoms with Crippen LogP contribution in [0.4, 0.5) is 5.69 Å². The average Bonchev–Trinajstić information content (AvgIpc) is 2.62. The summed E-state index contributed by atoms with van der Waals surface area (Å²) in [5.74, 6) is -0.239. The SMILES string of the molecule is CNC1CCCN(Cc2cccc(NC(=O)c3ccc(Cl)cc3Cl)c2)C1. The number of nitrogens with one attached hydrogen (secondary N) is 2. The summed E-state index contributed by atoms with van der Waals surface area (Å²) in [7, 11) is 2.02. The van der Waals surface area contributed by atoms with E-state index in [1.165, 1.54) is 18.4 Å². The number of piperidine rings is 1. The van der Waals surface area contributed by atoms with Gasteiger partial charge in [0.05, 0.1) is 10.6 Å². The number of amides is 1. The van der Waals surface area contributed by atoms with Crippen LogP contribution < -0.4 is 10.6 Å². The van der Waals surface area contributed by atoms with Crippen molar-refractivity contribution in [2.24, 2.45) is 0 Å². The fraction of sp³-hybridized carbons (Fsp3) is 0.350. The number of carbonyl (C=O) groups is 1. The predicted octanol–water partition coefficient (Wildman–Crippen LogP) is 4.43. The first kappa shape index (κ1) is 19.2. The molecule has 0 aromatic heterocycles. The highest BCUT2D eigenvalue weighted by atomic mass is 35.5. The van der Waals surface area contributed by atoms with Gasteiger partial charge in [0.1, 0.15) is 0 Å². The molecule has 0 radical (unpaired) electrons. The van der Waals surface area contributed by atoms with Crippen molar-refractivity contribution in [3.8, 4) is 0 Å². The van der Waals surface area contributed by atoms with Crippen LogP contribution in [0.2, 0.25) is 10.0 Å². The molecule has 1 saturated heterocycles. The van der Waals surface area contributed by atoms with Crippen LogP contribution in [-0.2, 0) is 6.54 Å². The van der Waals surface area contributed by atoms with Crippen LogP contribution in [0.15, 0.2) is 42.5 Å². The molecule has 1 atom stereocenters. The van der Waals surface area contributed by atoms with E-state index in [1.54, 1.807) is 18.2 Å². The van der Waals surface area contributed by atoms with Crippen molar-refractivity contribution in [2.45, 2.75) is 25.4 Å². The van der Waals surface area contributed by atoms with Gasteiger partial charge in [-0.1, -0.05) is 35.3 Å². The minimum atomic E-state index is -0.239. The minimum Gasteiger partial charge on any atom is -0.322 e. The molecule has 1 amide bonds. The lowest BCUT2D eigenvalue weighted by atomic mass is 10.0. The number of hydrogen-bond acceptors (Lipinski definition) is 3. The lowest BCUT2D eigenvalue weighted by molar-refractivity contribution is 0.102. The second-order valence-corrected chi connectivity index (χ2v) is 7.49. The Kier molecular flexibility index (Phi) is 6.54. The molecule has 4 nitrogen and oxygen atoms in total. The minimum absolute atomic E-state index is 0.239. The van der Waals surface area contributed by atoms with E-state index in [9.17, 15) is 4.79 Å². The van der Waals surface area contributed by atoms with Crippen LogP contribution in [0, 0.1) is 0 Å². The summed E-state index contributed by atoms with van der Waals surface area (Å²) >= 11 is 12.0. The molecule has 1 fully saturated rings. The van der Waals surface area contributed by atoms with Gasteiger partial charge in [-0.3, -0.25) is 9.69 Å². The molecule has 0 spiro atoms. The highest BCUT2D eigenvalue weighted by Crippen LogP contribution is 2.23. The molecule has 1 unspecified atom stereocenters. The van der Waals surface area contributed by atoms with Crippen molar-refractivity contribution in [3.05, 3.63) is 63.6 Å². The van der Waals surface area contributed by atoms with Crippen LogP contribution in [0.3, 0.4) is 0 Å². The molecule has 1 heterocycles. The zero-order valence-corrected chi connectivity index (χ0v) is 16.3. The smallest absolute Gasteiger partial charge is 0.257 e. The number of rotatable bonds is 5. The largest absolute Gasteiger partial charge is 0.322 e. The summed E-state index contributed by atoms with van der Waals surface area (Å²) in [6, 6.07) is 13.4. The topological polar surface area (TPSA) is 44.4 Å². The molecular formula is C20H23Cl2N3O. The molecule has 3 rings (SSSR count). The first-order valence-electron chi connectivity index (χ1n) is 8.80. The number of nitrogens with zero attached hydrogens (tertiary/aromatic N) is 1. The van der Waals surface area contributed by atoms with Crippen molar-refractivity contribution in [2.75, 3.05) is 25.5 Å². The molecule has 26 heavy (non-hydrogen) atoms. The maximum Gasteiger partial charge on any atom is 0.257 e. The standard InChI is InChI=1S/C20H23Cl2N3O/c1-23-17-6-3-9-25(13-17)12-14-4-2-5-16(10-14)24-20(26)18-8-7-15(21)11-19(18)22/h2,4-5,7-8,10-11,17,23H,3,6,9,12-13H2,1H3,(H,24,26). The second kappa shape index (κ2) is 8.87. The third-order valence-corrected chi connectivity index (χ3v) is 5.23. The van der Waals surface area contributed by atoms with E-state index in [-0.39, 0.29) is 5.91 Å². The number of halogens is 2. The van der Waals surface area contributed by atoms with Gasteiger partial charge < -0.3 is 10.6 Å². The first-order valence-corrected chi connectivity index (χ1v) is 9.55. The lowest BCUT2D eigenvalue weighted by Gasteiger charge is -2.32. The number of likely N-dealkylation sites (tertiary alicyclic amines) is 1. The Morgan fingerprint density at radius 2 is 2.08 bits per heavy atom. The molecule has 6 heteroatoms. The van der Waals surface area contributed by atoms with Gasteiger partial charge in [0.2, 0.25) is 0 Å². The summed E-state index contributed by atoms with van der Waals surface area (Å²) in [4.78, 5) is 14.9. The van der Waals surface area contributed by atoms with E-state index in [1.807, 2.05) is 25.2 Å². The van der Waals surface area contributed by atoms with Crippen LogP contribution in [0.25, 0.3) is 0 Å². The van der Waals surface area contributed by atoms with E-state index >= 15 is 0 Å². The molecule has 0 aliphatic carbocycles. The zero-order valence-electron chi connectivity index (χ0n) is 14.8. The van der Waals surface area contributed by atoms with Crippen molar-refractivity contribution in [3.63, 3.8) is 0 Å². The molecule has 0 bridgehead atoms.